The molecule has 1 aliphatic heterocycles. The minimum Gasteiger partial charge on any atom is -0.487 e. The highest BCUT2D eigenvalue weighted by atomic mass is 19.1. The summed E-state index contributed by atoms with van der Waals surface area (Å²) in [5.74, 6) is 0.404. The van der Waals surface area contributed by atoms with E-state index in [-0.39, 0.29) is 17.5 Å². The number of nitrogens with two attached hydrogens (primary N) is 1. The molecule has 0 aromatic heterocycles. The highest BCUT2D eigenvalue weighted by molar-refractivity contribution is 5.39. The fourth-order valence-electron chi connectivity index (χ4n) is 3.01. The second-order valence-electron chi connectivity index (χ2n) is 4.98. The molecule has 1 heterocycles. The molecule has 0 saturated heterocycles. The third kappa shape index (κ3) is 1.50. The zero-order valence-corrected chi connectivity index (χ0v) is 9.21. The summed E-state index contributed by atoms with van der Waals surface area (Å²) in [5.41, 5.74) is 6.98. The van der Waals surface area contributed by atoms with Crippen molar-refractivity contribution in [3.05, 3.63) is 29.6 Å². The summed E-state index contributed by atoms with van der Waals surface area (Å²) in [6.07, 6.45) is 5.35. The minimum atomic E-state index is -0.249. The summed E-state index contributed by atoms with van der Waals surface area (Å²) in [4.78, 5) is 0. The van der Waals surface area contributed by atoms with Crippen LogP contribution >= 0.6 is 0 Å². The molecule has 1 saturated carbocycles. The van der Waals surface area contributed by atoms with Crippen LogP contribution in [0.2, 0.25) is 0 Å². The van der Waals surface area contributed by atoms with Crippen LogP contribution in [0.1, 0.15) is 43.7 Å². The molecule has 1 aliphatic carbocycles. The lowest BCUT2D eigenvalue weighted by atomic mass is 9.86. The molecule has 2 N–H and O–H groups in total. The summed E-state index contributed by atoms with van der Waals surface area (Å²) in [5, 5.41) is 0. The SMILES string of the molecule is NC1CC2(CCCC2)Oc2cc(F)ccc21. The van der Waals surface area contributed by atoms with Gasteiger partial charge in [0, 0.05) is 24.1 Å². The van der Waals surface area contributed by atoms with Crippen molar-refractivity contribution in [3.63, 3.8) is 0 Å². The van der Waals surface area contributed by atoms with Crippen LogP contribution < -0.4 is 10.5 Å². The van der Waals surface area contributed by atoms with Crippen molar-refractivity contribution in [2.75, 3.05) is 0 Å². The maximum absolute atomic E-state index is 13.2. The van der Waals surface area contributed by atoms with Crippen LogP contribution in [-0.2, 0) is 0 Å². The molecule has 3 heteroatoms. The molecule has 1 aromatic carbocycles. The van der Waals surface area contributed by atoms with Crippen molar-refractivity contribution in [2.45, 2.75) is 43.7 Å². The van der Waals surface area contributed by atoms with E-state index in [9.17, 15) is 4.39 Å². The first-order valence-corrected chi connectivity index (χ1v) is 5.93. The Kier molecular flexibility index (Phi) is 2.18. The van der Waals surface area contributed by atoms with Gasteiger partial charge < -0.3 is 10.5 Å². The first kappa shape index (κ1) is 10.1. The van der Waals surface area contributed by atoms with Crippen molar-refractivity contribution >= 4 is 0 Å². The molecule has 1 fully saturated rings. The highest BCUT2D eigenvalue weighted by Gasteiger charge is 2.41. The van der Waals surface area contributed by atoms with Crippen LogP contribution in [-0.4, -0.2) is 5.60 Å². The van der Waals surface area contributed by atoms with Gasteiger partial charge in [0.25, 0.3) is 0 Å². The fraction of sp³-hybridized carbons (Fsp3) is 0.538. The lowest BCUT2D eigenvalue weighted by Crippen LogP contribution is -2.40. The molecule has 86 valence electrons. The summed E-state index contributed by atoms with van der Waals surface area (Å²) in [6.45, 7) is 0. The molecule has 0 amide bonds. The van der Waals surface area contributed by atoms with E-state index in [0.29, 0.717) is 5.75 Å². The summed E-state index contributed by atoms with van der Waals surface area (Å²) in [6, 6.07) is 4.66. The lowest BCUT2D eigenvalue weighted by Gasteiger charge is -2.38. The fourth-order valence-corrected chi connectivity index (χ4v) is 3.01. The number of benzene rings is 1. The van der Waals surface area contributed by atoms with E-state index in [2.05, 4.69) is 0 Å². The number of ether oxygens (including phenoxy) is 1. The van der Waals surface area contributed by atoms with Gasteiger partial charge in [0.05, 0.1) is 0 Å². The second-order valence-corrected chi connectivity index (χ2v) is 4.98. The summed E-state index contributed by atoms with van der Waals surface area (Å²) >= 11 is 0. The Hall–Kier alpha value is -1.09. The number of hydrogen-bond donors (Lipinski definition) is 1. The van der Waals surface area contributed by atoms with Gasteiger partial charge in [0.1, 0.15) is 17.2 Å². The Morgan fingerprint density at radius 1 is 1.31 bits per heavy atom. The van der Waals surface area contributed by atoms with E-state index < -0.39 is 0 Å². The molecular formula is C13H16FNO. The number of rotatable bonds is 0. The molecule has 0 radical (unpaired) electrons. The van der Waals surface area contributed by atoms with Crippen LogP contribution in [0, 0.1) is 5.82 Å². The van der Waals surface area contributed by atoms with Gasteiger partial charge in [0.15, 0.2) is 0 Å². The molecule has 1 atom stereocenters. The van der Waals surface area contributed by atoms with Crippen molar-refractivity contribution in [1.29, 1.82) is 0 Å². The third-order valence-electron chi connectivity index (χ3n) is 3.81. The van der Waals surface area contributed by atoms with Crippen LogP contribution in [0.4, 0.5) is 4.39 Å². The monoisotopic (exact) mass is 221 g/mol. The molecule has 1 aromatic rings. The normalized spacial score (nSPS) is 26.5. The Morgan fingerprint density at radius 3 is 2.81 bits per heavy atom. The van der Waals surface area contributed by atoms with Gasteiger partial charge in [-0.1, -0.05) is 6.07 Å². The van der Waals surface area contributed by atoms with Crippen molar-refractivity contribution in [1.82, 2.24) is 0 Å². The van der Waals surface area contributed by atoms with Crippen LogP contribution in [0.25, 0.3) is 0 Å². The van der Waals surface area contributed by atoms with Gasteiger partial charge in [-0.25, -0.2) is 4.39 Å². The molecule has 1 spiro atoms. The average molecular weight is 221 g/mol. The zero-order chi connectivity index (χ0) is 11.2. The van der Waals surface area contributed by atoms with E-state index in [1.54, 1.807) is 6.07 Å². The highest BCUT2D eigenvalue weighted by Crippen LogP contribution is 2.46. The van der Waals surface area contributed by atoms with Crippen LogP contribution in [0.15, 0.2) is 18.2 Å². The van der Waals surface area contributed by atoms with Crippen molar-refractivity contribution < 1.29 is 9.13 Å². The molecule has 2 nitrogen and oxygen atoms in total. The molecule has 16 heavy (non-hydrogen) atoms. The molecule has 0 bridgehead atoms. The average Bonchev–Trinajstić information content (AvgIpc) is 2.65. The van der Waals surface area contributed by atoms with Gasteiger partial charge in [-0.05, 0) is 31.7 Å². The Bertz CT molecular complexity index is 412. The van der Waals surface area contributed by atoms with Gasteiger partial charge in [-0.3, -0.25) is 0 Å². The van der Waals surface area contributed by atoms with Crippen molar-refractivity contribution in [3.8, 4) is 5.75 Å². The third-order valence-corrected chi connectivity index (χ3v) is 3.81. The summed E-state index contributed by atoms with van der Waals surface area (Å²) in [7, 11) is 0. The maximum atomic E-state index is 13.2. The van der Waals surface area contributed by atoms with Gasteiger partial charge >= 0.3 is 0 Å². The zero-order valence-electron chi connectivity index (χ0n) is 9.21. The minimum absolute atomic E-state index is 0.0116. The number of halogens is 1. The quantitative estimate of drug-likeness (QED) is 0.731. The number of hydrogen-bond acceptors (Lipinski definition) is 2. The van der Waals surface area contributed by atoms with Crippen LogP contribution in [0.5, 0.6) is 5.75 Å². The standard InChI is InChI=1S/C13H16FNO/c14-9-3-4-10-11(15)8-13(5-1-2-6-13)16-12(10)7-9/h3-4,7,11H,1-2,5-6,8,15H2. The largest absolute Gasteiger partial charge is 0.487 e. The first-order chi connectivity index (χ1) is 7.69. The van der Waals surface area contributed by atoms with E-state index in [1.165, 1.54) is 25.0 Å². The van der Waals surface area contributed by atoms with Crippen molar-refractivity contribution in [2.24, 2.45) is 5.73 Å². The van der Waals surface area contributed by atoms with Gasteiger partial charge in [-0.15, -0.1) is 0 Å². The lowest BCUT2D eigenvalue weighted by molar-refractivity contribution is 0.0422. The maximum Gasteiger partial charge on any atom is 0.127 e. The van der Waals surface area contributed by atoms with E-state index in [0.717, 1.165) is 24.8 Å². The number of fused-ring (bicyclic) bond motifs is 1. The first-order valence-electron chi connectivity index (χ1n) is 5.93. The van der Waals surface area contributed by atoms with E-state index >= 15 is 0 Å². The molecule has 1 unspecified atom stereocenters. The Labute approximate surface area is 94.6 Å². The predicted molar refractivity (Wildman–Crippen MR) is 59.8 cm³/mol. The molecular weight excluding hydrogens is 205 g/mol. The summed E-state index contributed by atoms with van der Waals surface area (Å²) < 4.78 is 19.2. The predicted octanol–water partition coefficient (Wildman–Crippen LogP) is 2.92. The van der Waals surface area contributed by atoms with E-state index in [1.807, 2.05) is 0 Å². The Balaban J connectivity index is 2.00. The molecule has 2 aliphatic rings. The smallest absolute Gasteiger partial charge is 0.127 e. The van der Waals surface area contributed by atoms with Crippen LogP contribution in [0.3, 0.4) is 0 Å². The van der Waals surface area contributed by atoms with Gasteiger partial charge in [-0.2, -0.15) is 0 Å². The topological polar surface area (TPSA) is 35.2 Å². The molecule has 3 rings (SSSR count). The second kappa shape index (κ2) is 3.45. The Morgan fingerprint density at radius 2 is 2.06 bits per heavy atom. The van der Waals surface area contributed by atoms with Gasteiger partial charge in [0.2, 0.25) is 0 Å². The van der Waals surface area contributed by atoms with E-state index in [4.69, 9.17) is 10.5 Å².